The van der Waals surface area contributed by atoms with Crippen molar-refractivity contribution in [2.24, 2.45) is 7.05 Å². The molecule has 2 aromatic heterocycles. The van der Waals surface area contributed by atoms with Crippen molar-refractivity contribution in [3.05, 3.63) is 89.1 Å². The molecule has 5 rings (SSSR count). The summed E-state index contributed by atoms with van der Waals surface area (Å²) >= 11 is 0. The van der Waals surface area contributed by atoms with Crippen molar-refractivity contribution in [1.82, 2.24) is 14.5 Å². The number of amides is 1. The lowest BCUT2D eigenvalue weighted by Crippen LogP contribution is -2.36. The topological polar surface area (TPSA) is 38.1 Å². The number of fused-ring (bicyclic) bond motifs is 2. The van der Waals surface area contributed by atoms with Crippen LogP contribution in [0.1, 0.15) is 27.0 Å². The minimum atomic E-state index is 0.0768. The van der Waals surface area contributed by atoms with Crippen LogP contribution >= 0.6 is 0 Å². The molecule has 144 valence electrons. The highest BCUT2D eigenvalue weighted by molar-refractivity contribution is 6.07. The summed E-state index contributed by atoms with van der Waals surface area (Å²) in [5.74, 6) is 0.0768. The molecular formula is C25H23N3O. The predicted molar refractivity (Wildman–Crippen MR) is 116 cm³/mol. The molecule has 1 aliphatic heterocycles. The van der Waals surface area contributed by atoms with Gasteiger partial charge in [0.1, 0.15) is 0 Å². The maximum atomic E-state index is 13.6. The standard InChI is InChI=1S/C25H23N3O/c1-17-9-10-22-20(14-17)21(15-23(26-22)24-8-5-12-27(24)2)25(29)28-13-11-18-6-3-4-7-19(18)16-28/h3-10,12,14-15H,11,13,16H2,1-2H3. The third-order valence-corrected chi connectivity index (χ3v) is 5.82. The first-order chi connectivity index (χ1) is 14.1. The molecule has 0 unspecified atom stereocenters. The number of carbonyl (C=O) groups excluding carboxylic acids is 1. The number of rotatable bonds is 2. The quantitative estimate of drug-likeness (QED) is 0.503. The van der Waals surface area contributed by atoms with E-state index in [2.05, 4.69) is 37.3 Å². The maximum absolute atomic E-state index is 13.6. The van der Waals surface area contributed by atoms with Gasteiger partial charge < -0.3 is 9.47 Å². The minimum Gasteiger partial charge on any atom is -0.349 e. The fourth-order valence-electron chi connectivity index (χ4n) is 4.21. The van der Waals surface area contributed by atoms with Gasteiger partial charge in [0.2, 0.25) is 0 Å². The van der Waals surface area contributed by atoms with E-state index in [9.17, 15) is 4.79 Å². The zero-order valence-electron chi connectivity index (χ0n) is 16.7. The lowest BCUT2D eigenvalue weighted by atomic mass is 9.98. The summed E-state index contributed by atoms with van der Waals surface area (Å²) in [6, 6.07) is 20.5. The molecule has 3 heterocycles. The van der Waals surface area contributed by atoms with Crippen LogP contribution in [0.25, 0.3) is 22.3 Å². The average molecular weight is 381 g/mol. The second kappa shape index (κ2) is 6.89. The van der Waals surface area contributed by atoms with Crippen molar-refractivity contribution in [2.45, 2.75) is 19.9 Å². The van der Waals surface area contributed by atoms with E-state index >= 15 is 0 Å². The lowest BCUT2D eigenvalue weighted by Gasteiger charge is -2.29. The number of hydrogen-bond donors (Lipinski definition) is 0. The molecule has 0 atom stereocenters. The van der Waals surface area contributed by atoms with Crippen molar-refractivity contribution in [3.8, 4) is 11.4 Å². The molecular weight excluding hydrogens is 358 g/mol. The summed E-state index contributed by atoms with van der Waals surface area (Å²) in [5, 5.41) is 0.923. The van der Waals surface area contributed by atoms with Crippen LogP contribution < -0.4 is 0 Å². The van der Waals surface area contributed by atoms with Gasteiger partial charge in [-0.3, -0.25) is 4.79 Å². The SMILES string of the molecule is Cc1ccc2nc(-c3cccn3C)cc(C(=O)N3CCc4ccccc4C3)c2c1. The summed E-state index contributed by atoms with van der Waals surface area (Å²) in [6.45, 7) is 3.45. The number of hydrogen-bond acceptors (Lipinski definition) is 2. The number of pyridine rings is 1. The van der Waals surface area contributed by atoms with E-state index in [1.807, 2.05) is 53.0 Å². The first-order valence-corrected chi connectivity index (χ1v) is 9.99. The molecule has 0 fully saturated rings. The van der Waals surface area contributed by atoms with Crippen LogP contribution in [0.5, 0.6) is 0 Å². The van der Waals surface area contributed by atoms with E-state index in [0.29, 0.717) is 6.54 Å². The minimum absolute atomic E-state index is 0.0768. The number of carbonyl (C=O) groups is 1. The molecule has 0 saturated heterocycles. The maximum Gasteiger partial charge on any atom is 0.254 e. The Kier molecular flexibility index (Phi) is 4.20. The average Bonchev–Trinajstić information content (AvgIpc) is 3.18. The Balaban J connectivity index is 1.62. The van der Waals surface area contributed by atoms with Crippen LogP contribution in [0, 0.1) is 6.92 Å². The largest absolute Gasteiger partial charge is 0.349 e. The monoisotopic (exact) mass is 381 g/mol. The normalized spacial score (nSPS) is 13.5. The first-order valence-electron chi connectivity index (χ1n) is 9.99. The summed E-state index contributed by atoms with van der Waals surface area (Å²) in [5.41, 5.74) is 7.13. The van der Waals surface area contributed by atoms with E-state index in [-0.39, 0.29) is 5.91 Å². The second-order valence-corrected chi connectivity index (χ2v) is 7.83. The van der Waals surface area contributed by atoms with Gasteiger partial charge in [0, 0.05) is 31.7 Å². The first kappa shape index (κ1) is 17.7. The van der Waals surface area contributed by atoms with Crippen LogP contribution in [-0.2, 0) is 20.0 Å². The Morgan fingerprint density at radius 3 is 2.62 bits per heavy atom. The van der Waals surface area contributed by atoms with Gasteiger partial charge in [-0.05, 0) is 54.8 Å². The van der Waals surface area contributed by atoms with Crippen LogP contribution in [0.3, 0.4) is 0 Å². The molecule has 0 radical (unpaired) electrons. The van der Waals surface area contributed by atoms with Crippen LogP contribution in [-0.4, -0.2) is 26.9 Å². The van der Waals surface area contributed by atoms with Crippen molar-refractivity contribution < 1.29 is 4.79 Å². The van der Waals surface area contributed by atoms with E-state index in [0.717, 1.165) is 46.4 Å². The molecule has 0 spiro atoms. The van der Waals surface area contributed by atoms with Crippen LogP contribution in [0.2, 0.25) is 0 Å². The summed E-state index contributed by atoms with van der Waals surface area (Å²) < 4.78 is 2.04. The molecule has 2 aromatic carbocycles. The summed E-state index contributed by atoms with van der Waals surface area (Å²) in [6.07, 6.45) is 2.90. The summed E-state index contributed by atoms with van der Waals surface area (Å²) in [7, 11) is 2.00. The highest BCUT2D eigenvalue weighted by Crippen LogP contribution is 2.28. The van der Waals surface area contributed by atoms with E-state index in [1.165, 1.54) is 11.1 Å². The zero-order chi connectivity index (χ0) is 20.0. The fraction of sp³-hybridized carbons (Fsp3) is 0.200. The van der Waals surface area contributed by atoms with Crippen molar-refractivity contribution in [3.63, 3.8) is 0 Å². The Morgan fingerprint density at radius 1 is 1.00 bits per heavy atom. The van der Waals surface area contributed by atoms with Gasteiger partial charge in [-0.1, -0.05) is 35.9 Å². The van der Waals surface area contributed by atoms with Gasteiger partial charge in [-0.2, -0.15) is 0 Å². The number of aryl methyl sites for hydroxylation is 2. The van der Waals surface area contributed by atoms with E-state index in [1.54, 1.807) is 0 Å². The van der Waals surface area contributed by atoms with Gasteiger partial charge in [-0.25, -0.2) is 4.98 Å². The molecule has 1 aliphatic rings. The Labute approximate surface area is 170 Å². The van der Waals surface area contributed by atoms with Crippen molar-refractivity contribution >= 4 is 16.8 Å². The second-order valence-electron chi connectivity index (χ2n) is 7.83. The van der Waals surface area contributed by atoms with E-state index < -0.39 is 0 Å². The van der Waals surface area contributed by atoms with Crippen molar-refractivity contribution in [1.29, 1.82) is 0 Å². The smallest absolute Gasteiger partial charge is 0.254 e. The molecule has 0 bridgehead atoms. The Hall–Kier alpha value is -3.40. The third-order valence-electron chi connectivity index (χ3n) is 5.82. The molecule has 0 aliphatic carbocycles. The molecule has 29 heavy (non-hydrogen) atoms. The van der Waals surface area contributed by atoms with Crippen LogP contribution in [0.15, 0.2) is 66.9 Å². The molecule has 4 heteroatoms. The molecule has 4 nitrogen and oxygen atoms in total. The van der Waals surface area contributed by atoms with Gasteiger partial charge in [0.15, 0.2) is 0 Å². The predicted octanol–water partition coefficient (Wildman–Crippen LogP) is 4.75. The van der Waals surface area contributed by atoms with Crippen LogP contribution in [0.4, 0.5) is 0 Å². The van der Waals surface area contributed by atoms with Gasteiger partial charge >= 0.3 is 0 Å². The highest BCUT2D eigenvalue weighted by Gasteiger charge is 2.24. The lowest BCUT2D eigenvalue weighted by molar-refractivity contribution is 0.0736. The number of nitrogens with zero attached hydrogens (tertiary/aromatic N) is 3. The van der Waals surface area contributed by atoms with Gasteiger partial charge in [-0.15, -0.1) is 0 Å². The Morgan fingerprint density at radius 2 is 1.83 bits per heavy atom. The van der Waals surface area contributed by atoms with Gasteiger partial charge in [0.25, 0.3) is 5.91 Å². The number of benzene rings is 2. The van der Waals surface area contributed by atoms with Crippen molar-refractivity contribution in [2.75, 3.05) is 6.54 Å². The fourth-order valence-corrected chi connectivity index (χ4v) is 4.21. The molecule has 0 saturated carbocycles. The zero-order valence-corrected chi connectivity index (χ0v) is 16.7. The van der Waals surface area contributed by atoms with E-state index in [4.69, 9.17) is 4.98 Å². The Bertz CT molecular complexity index is 1240. The molecule has 4 aromatic rings. The van der Waals surface area contributed by atoms with Gasteiger partial charge in [0.05, 0.1) is 22.5 Å². The highest BCUT2D eigenvalue weighted by atomic mass is 16.2. The number of aromatic nitrogens is 2. The summed E-state index contributed by atoms with van der Waals surface area (Å²) in [4.78, 5) is 20.5. The molecule has 0 N–H and O–H groups in total. The molecule has 1 amide bonds. The third kappa shape index (κ3) is 3.11.